The highest BCUT2D eigenvalue weighted by Crippen LogP contribution is 2.32. The van der Waals surface area contributed by atoms with E-state index in [1.807, 2.05) is 0 Å². The molecule has 1 N–H and O–H groups in total. The number of aliphatic carboxylic acids is 1. The number of carbonyl (C=O) groups is 3. The molecule has 0 saturated carbocycles. The van der Waals surface area contributed by atoms with Crippen molar-refractivity contribution in [2.45, 2.75) is 52.5 Å². The van der Waals surface area contributed by atoms with Gasteiger partial charge in [0.05, 0.1) is 12.2 Å². The number of hydrogen-bond donors (Lipinski definition) is 1. The van der Waals surface area contributed by atoms with Gasteiger partial charge in [-0.15, -0.1) is 0 Å². The first-order chi connectivity index (χ1) is 12.6. The summed E-state index contributed by atoms with van der Waals surface area (Å²) in [7, 11) is 0. The van der Waals surface area contributed by atoms with Gasteiger partial charge in [0.1, 0.15) is 0 Å². The van der Waals surface area contributed by atoms with E-state index in [4.69, 9.17) is 9.47 Å². The fourth-order valence-corrected chi connectivity index (χ4v) is 2.43. The number of amidine groups is 1. The predicted octanol–water partition coefficient (Wildman–Crippen LogP) is 2.86. The van der Waals surface area contributed by atoms with E-state index in [0.717, 1.165) is 5.01 Å². The summed E-state index contributed by atoms with van der Waals surface area (Å²) in [5.74, 6) is -1.44. The molecule has 9 nitrogen and oxygen atoms in total. The van der Waals surface area contributed by atoms with E-state index in [9.17, 15) is 19.5 Å². The second-order valence-corrected chi connectivity index (χ2v) is 6.62. The number of ether oxygens (including phenoxy) is 2. The molecule has 0 saturated heterocycles. The zero-order chi connectivity index (χ0) is 20.4. The number of rotatable bonds is 4. The summed E-state index contributed by atoms with van der Waals surface area (Å²) in [5, 5.41) is 11.2. The molecule has 1 aliphatic heterocycles. The first kappa shape index (κ1) is 20.2. The third-order valence-corrected chi connectivity index (χ3v) is 3.59. The molecule has 1 unspecified atom stereocenters. The Labute approximate surface area is 157 Å². The van der Waals surface area contributed by atoms with Crippen LogP contribution in [0.5, 0.6) is 0 Å². The molecule has 0 bridgehead atoms. The summed E-state index contributed by atoms with van der Waals surface area (Å²) in [6.45, 7) is 7.72. The average Bonchev–Trinajstić information content (AvgIpc) is 2.89. The summed E-state index contributed by atoms with van der Waals surface area (Å²) in [6.07, 6.45) is -2.97. The molecule has 2 amide bonds. The first-order valence-corrected chi connectivity index (χ1v) is 8.48. The van der Waals surface area contributed by atoms with Crippen LogP contribution in [0, 0.1) is 0 Å². The molecule has 0 aliphatic carbocycles. The fourth-order valence-electron chi connectivity index (χ4n) is 2.43. The summed E-state index contributed by atoms with van der Waals surface area (Å²) in [6, 6.07) is 8.47. The Morgan fingerprint density at radius 1 is 1.00 bits per heavy atom. The second-order valence-electron chi connectivity index (χ2n) is 6.62. The molecule has 0 aromatic heterocycles. The molecule has 1 atom stereocenters. The molecule has 27 heavy (non-hydrogen) atoms. The minimum Gasteiger partial charge on any atom is -0.478 e. The van der Waals surface area contributed by atoms with Crippen LogP contribution in [0.1, 0.15) is 40.2 Å². The van der Waals surface area contributed by atoms with Gasteiger partial charge in [0.25, 0.3) is 5.66 Å². The molecule has 1 aliphatic rings. The van der Waals surface area contributed by atoms with Crippen molar-refractivity contribution in [2.24, 2.45) is 4.99 Å². The number of hydrogen-bond acceptors (Lipinski definition) is 6. The van der Waals surface area contributed by atoms with Gasteiger partial charge in [0.15, 0.2) is 5.84 Å². The molecule has 0 spiro atoms. The van der Waals surface area contributed by atoms with Crippen molar-refractivity contribution in [1.82, 2.24) is 10.0 Å². The van der Waals surface area contributed by atoms with Crippen LogP contribution in [0.25, 0.3) is 0 Å². The van der Waals surface area contributed by atoms with Crippen LogP contribution in [-0.2, 0) is 14.3 Å². The predicted molar refractivity (Wildman–Crippen MR) is 95.9 cm³/mol. The molecule has 146 valence electrons. The topological polar surface area (TPSA) is 109 Å². The van der Waals surface area contributed by atoms with E-state index in [1.165, 1.54) is 6.92 Å². The number of carbonyl (C=O) groups excluding carboxylic acids is 2. The van der Waals surface area contributed by atoms with Crippen molar-refractivity contribution in [3.8, 4) is 0 Å². The Morgan fingerprint density at radius 3 is 2.00 bits per heavy atom. The van der Waals surface area contributed by atoms with Crippen LogP contribution in [0.15, 0.2) is 35.3 Å². The van der Waals surface area contributed by atoms with Crippen molar-refractivity contribution >= 4 is 24.0 Å². The Balaban J connectivity index is 2.61. The smallest absolute Gasteiger partial charge is 0.435 e. The second kappa shape index (κ2) is 7.65. The van der Waals surface area contributed by atoms with Crippen LogP contribution >= 0.6 is 0 Å². The van der Waals surface area contributed by atoms with Crippen molar-refractivity contribution in [1.29, 1.82) is 0 Å². The molecule has 0 radical (unpaired) electrons. The van der Waals surface area contributed by atoms with Crippen LogP contribution < -0.4 is 0 Å². The van der Waals surface area contributed by atoms with Crippen LogP contribution in [0.4, 0.5) is 9.59 Å². The van der Waals surface area contributed by atoms with Gasteiger partial charge in [0, 0.05) is 5.56 Å². The minimum atomic E-state index is -2.08. The molecule has 2 rings (SSSR count). The number of nitrogens with zero attached hydrogens (tertiary/aromatic N) is 3. The van der Waals surface area contributed by atoms with Gasteiger partial charge in [-0.1, -0.05) is 30.3 Å². The SMILES string of the molecule is CC(C)OC(=O)N1C(c2ccccc2)=NC(C)(C(=O)O)N1C(=O)OC(C)C. The van der Waals surface area contributed by atoms with Crippen molar-refractivity contribution in [3.05, 3.63) is 35.9 Å². The number of carboxylic acids is 1. The maximum atomic E-state index is 12.7. The Kier molecular flexibility index (Phi) is 5.72. The summed E-state index contributed by atoms with van der Waals surface area (Å²) in [5.41, 5.74) is -1.63. The van der Waals surface area contributed by atoms with Gasteiger partial charge in [-0.3, -0.25) is 0 Å². The maximum absolute atomic E-state index is 12.7. The summed E-state index contributed by atoms with van der Waals surface area (Å²) in [4.78, 5) is 41.5. The number of carboxylic acid groups (broad SMARTS) is 1. The molecule has 1 aromatic carbocycles. The molecule has 1 heterocycles. The third-order valence-electron chi connectivity index (χ3n) is 3.59. The lowest BCUT2D eigenvalue weighted by molar-refractivity contribution is -0.153. The Hall–Kier alpha value is -3.10. The molecule has 0 fully saturated rings. The van der Waals surface area contributed by atoms with E-state index in [0.29, 0.717) is 10.6 Å². The quantitative estimate of drug-likeness (QED) is 0.864. The summed E-state index contributed by atoms with van der Waals surface area (Å²) >= 11 is 0. The largest absolute Gasteiger partial charge is 0.478 e. The zero-order valence-electron chi connectivity index (χ0n) is 15.9. The lowest BCUT2D eigenvalue weighted by Gasteiger charge is -2.34. The maximum Gasteiger partial charge on any atom is 0.435 e. The van der Waals surface area contributed by atoms with Gasteiger partial charge in [-0.2, -0.15) is 10.0 Å². The monoisotopic (exact) mass is 377 g/mol. The van der Waals surface area contributed by atoms with Crippen molar-refractivity contribution < 1.29 is 29.0 Å². The average molecular weight is 377 g/mol. The van der Waals surface area contributed by atoms with Crippen LogP contribution in [0.3, 0.4) is 0 Å². The van der Waals surface area contributed by atoms with Gasteiger partial charge in [0.2, 0.25) is 0 Å². The molecule has 1 aromatic rings. The minimum absolute atomic E-state index is 0.0214. The lowest BCUT2D eigenvalue weighted by Crippen LogP contribution is -2.59. The highest BCUT2D eigenvalue weighted by atomic mass is 16.6. The summed E-state index contributed by atoms with van der Waals surface area (Å²) < 4.78 is 10.4. The normalized spacial score (nSPS) is 19.3. The van der Waals surface area contributed by atoms with Crippen LogP contribution in [-0.4, -0.2) is 57.0 Å². The van der Waals surface area contributed by atoms with E-state index < -0.39 is 36.0 Å². The Morgan fingerprint density at radius 2 is 1.52 bits per heavy atom. The standard InChI is InChI=1S/C18H23N3O6/c1-11(2)26-16(24)20-14(13-9-7-6-8-10-13)19-18(5,15(22)23)21(20)17(25)27-12(3)4/h6-12H,1-5H3,(H,22,23). The number of benzene rings is 1. The number of hydrazine groups is 1. The van der Waals surface area contributed by atoms with Gasteiger partial charge in [-0.25, -0.2) is 19.4 Å². The molecular formula is C18H23N3O6. The van der Waals surface area contributed by atoms with Gasteiger partial charge < -0.3 is 14.6 Å². The number of amides is 2. The van der Waals surface area contributed by atoms with Gasteiger partial charge >= 0.3 is 18.2 Å². The van der Waals surface area contributed by atoms with Crippen molar-refractivity contribution in [3.63, 3.8) is 0 Å². The first-order valence-electron chi connectivity index (χ1n) is 8.48. The van der Waals surface area contributed by atoms with E-state index >= 15 is 0 Å². The zero-order valence-corrected chi connectivity index (χ0v) is 15.9. The van der Waals surface area contributed by atoms with E-state index in [2.05, 4.69) is 4.99 Å². The molecule has 9 heteroatoms. The van der Waals surface area contributed by atoms with Crippen molar-refractivity contribution in [2.75, 3.05) is 0 Å². The van der Waals surface area contributed by atoms with E-state index in [1.54, 1.807) is 58.0 Å². The highest BCUT2D eigenvalue weighted by molar-refractivity contribution is 6.10. The Bertz CT molecular complexity index is 762. The molecular weight excluding hydrogens is 354 g/mol. The van der Waals surface area contributed by atoms with Crippen LogP contribution in [0.2, 0.25) is 0 Å². The lowest BCUT2D eigenvalue weighted by atomic mass is 10.2. The highest BCUT2D eigenvalue weighted by Gasteiger charge is 2.56. The third kappa shape index (κ3) is 4.02. The number of aliphatic imine (C=N–C) groups is 1. The fraction of sp³-hybridized carbons (Fsp3) is 0.444. The van der Waals surface area contributed by atoms with Gasteiger partial charge in [-0.05, 0) is 34.6 Å². The van der Waals surface area contributed by atoms with E-state index in [-0.39, 0.29) is 5.84 Å².